The highest BCUT2D eigenvalue weighted by Crippen LogP contribution is 2.26. The highest BCUT2D eigenvalue weighted by Gasteiger charge is 2.10. The molecule has 1 aromatic rings. The van der Waals surface area contributed by atoms with Gasteiger partial charge in [0.25, 0.3) is 0 Å². The van der Waals surface area contributed by atoms with Gasteiger partial charge in [-0.15, -0.1) is 0 Å². The van der Waals surface area contributed by atoms with E-state index < -0.39 is 0 Å². The maximum atomic E-state index is 11.9. The molecule has 19 heavy (non-hydrogen) atoms. The maximum absolute atomic E-state index is 11.9. The zero-order chi connectivity index (χ0) is 14.3. The van der Waals surface area contributed by atoms with Crippen molar-refractivity contribution < 1.29 is 19.1 Å². The fraction of sp³-hybridized carbons (Fsp3) is 0.429. The molecule has 104 valence electrons. The van der Waals surface area contributed by atoms with Crippen LogP contribution in [0.5, 0.6) is 5.75 Å². The van der Waals surface area contributed by atoms with E-state index in [9.17, 15) is 9.59 Å². The Morgan fingerprint density at radius 2 is 2.00 bits per heavy atom. The first-order valence-electron chi connectivity index (χ1n) is 6.10. The van der Waals surface area contributed by atoms with Crippen molar-refractivity contribution in [3.63, 3.8) is 0 Å². The van der Waals surface area contributed by atoms with Crippen LogP contribution in [0, 0.1) is 0 Å². The Hall–Kier alpha value is -1.55. The molecule has 0 atom stereocenters. The van der Waals surface area contributed by atoms with Crippen molar-refractivity contribution >= 4 is 23.4 Å². The van der Waals surface area contributed by atoms with Crippen LogP contribution in [0.3, 0.4) is 0 Å². The van der Waals surface area contributed by atoms with Crippen LogP contribution in [0.2, 0.25) is 5.02 Å². The fourth-order valence-electron chi connectivity index (χ4n) is 1.59. The summed E-state index contributed by atoms with van der Waals surface area (Å²) >= 11 is 6.01. The van der Waals surface area contributed by atoms with Gasteiger partial charge in [0.1, 0.15) is 5.75 Å². The molecule has 0 aromatic heterocycles. The van der Waals surface area contributed by atoms with Gasteiger partial charge < -0.3 is 9.47 Å². The quantitative estimate of drug-likeness (QED) is 0.570. The van der Waals surface area contributed by atoms with Crippen molar-refractivity contribution in [1.29, 1.82) is 0 Å². The third-order valence-electron chi connectivity index (χ3n) is 2.57. The van der Waals surface area contributed by atoms with E-state index in [0.717, 1.165) is 0 Å². The predicted molar refractivity (Wildman–Crippen MR) is 72.8 cm³/mol. The van der Waals surface area contributed by atoms with Gasteiger partial charge in [0.2, 0.25) is 0 Å². The molecule has 0 heterocycles. The predicted octanol–water partition coefficient (Wildman–Crippen LogP) is 3.26. The number of carbonyl (C=O) groups is 2. The Balaban J connectivity index is 2.57. The van der Waals surface area contributed by atoms with Gasteiger partial charge in [0, 0.05) is 18.4 Å². The van der Waals surface area contributed by atoms with Crippen LogP contribution in [-0.2, 0) is 9.53 Å². The summed E-state index contributed by atoms with van der Waals surface area (Å²) in [5.74, 6) is 0.210. The summed E-state index contributed by atoms with van der Waals surface area (Å²) < 4.78 is 9.81. The number of hydrogen-bond donors (Lipinski definition) is 0. The lowest BCUT2D eigenvalue weighted by Gasteiger charge is -2.07. The van der Waals surface area contributed by atoms with Gasteiger partial charge in [-0.3, -0.25) is 9.59 Å². The molecule has 4 nitrogen and oxygen atoms in total. The van der Waals surface area contributed by atoms with E-state index >= 15 is 0 Å². The van der Waals surface area contributed by atoms with Crippen LogP contribution in [-0.4, -0.2) is 25.5 Å². The summed E-state index contributed by atoms with van der Waals surface area (Å²) in [5.41, 5.74) is 0.526. The Morgan fingerprint density at radius 3 is 2.58 bits per heavy atom. The molecule has 0 saturated heterocycles. The molecule has 0 aliphatic carbocycles. The summed E-state index contributed by atoms with van der Waals surface area (Å²) in [6.07, 6.45) is 1.00. The third-order valence-corrected chi connectivity index (χ3v) is 2.86. The van der Waals surface area contributed by atoms with E-state index in [4.69, 9.17) is 16.3 Å². The molecule has 0 spiro atoms. The molecule has 1 aromatic carbocycles. The maximum Gasteiger partial charge on any atom is 0.305 e. The smallest absolute Gasteiger partial charge is 0.305 e. The third kappa shape index (κ3) is 4.91. The lowest BCUT2D eigenvalue weighted by molar-refractivity contribution is -0.140. The molecule has 0 radical (unpaired) electrons. The van der Waals surface area contributed by atoms with Crippen LogP contribution in [0.15, 0.2) is 18.2 Å². The molecule has 0 aliphatic rings. The van der Waals surface area contributed by atoms with Gasteiger partial charge >= 0.3 is 5.97 Å². The Kier molecular flexibility index (Phi) is 6.36. The summed E-state index contributed by atoms with van der Waals surface area (Å²) in [5, 5.41) is 0.417. The summed E-state index contributed by atoms with van der Waals surface area (Å²) in [4.78, 5) is 22.8. The van der Waals surface area contributed by atoms with Crippen molar-refractivity contribution in [2.24, 2.45) is 0 Å². The van der Waals surface area contributed by atoms with E-state index in [0.29, 0.717) is 35.8 Å². The van der Waals surface area contributed by atoms with Crippen LogP contribution < -0.4 is 4.74 Å². The van der Waals surface area contributed by atoms with Gasteiger partial charge in [0.15, 0.2) is 5.78 Å². The molecule has 5 heteroatoms. The molecule has 0 aliphatic heterocycles. The zero-order valence-corrected chi connectivity index (χ0v) is 11.8. The Bertz CT molecular complexity index is 457. The number of rotatable bonds is 7. The number of ketones is 1. The summed E-state index contributed by atoms with van der Waals surface area (Å²) in [6.45, 7) is 2.38. The largest absolute Gasteiger partial charge is 0.492 e. The van der Waals surface area contributed by atoms with Crippen molar-refractivity contribution in [3.05, 3.63) is 28.8 Å². The number of carbonyl (C=O) groups excluding carboxylic acids is 2. The fourth-order valence-corrected chi connectivity index (χ4v) is 1.82. The van der Waals surface area contributed by atoms with E-state index in [1.165, 1.54) is 7.11 Å². The Labute approximate surface area is 117 Å². The van der Waals surface area contributed by atoms with Crippen molar-refractivity contribution in [3.8, 4) is 5.75 Å². The van der Waals surface area contributed by atoms with Gasteiger partial charge in [-0.05, 0) is 31.5 Å². The van der Waals surface area contributed by atoms with Crippen LogP contribution in [0.4, 0.5) is 0 Å². The monoisotopic (exact) mass is 284 g/mol. The first kappa shape index (κ1) is 15.5. The zero-order valence-electron chi connectivity index (χ0n) is 11.1. The normalized spacial score (nSPS) is 10.1. The second-order valence-electron chi connectivity index (χ2n) is 3.93. The number of Topliss-reactive ketones (excluding diaryl/α,β-unsaturated/α-hetero) is 1. The highest BCUT2D eigenvalue weighted by molar-refractivity contribution is 6.32. The van der Waals surface area contributed by atoms with Crippen molar-refractivity contribution in [2.45, 2.75) is 26.2 Å². The van der Waals surface area contributed by atoms with Crippen molar-refractivity contribution in [1.82, 2.24) is 0 Å². The standard InChI is InChI=1S/C14H17ClO4/c1-3-19-13-8-7-10(9-11(13)15)12(16)5-4-6-14(17)18-2/h7-9H,3-6H2,1-2H3. The van der Waals surface area contributed by atoms with Gasteiger partial charge in [-0.2, -0.15) is 0 Å². The molecule has 0 saturated carbocycles. The second kappa shape index (κ2) is 7.79. The van der Waals surface area contributed by atoms with E-state index in [1.54, 1.807) is 18.2 Å². The number of esters is 1. The molecular weight excluding hydrogens is 268 g/mol. The summed E-state index contributed by atoms with van der Waals surface area (Å²) in [7, 11) is 1.33. The van der Waals surface area contributed by atoms with Gasteiger partial charge in [-0.25, -0.2) is 0 Å². The topological polar surface area (TPSA) is 52.6 Å². The summed E-state index contributed by atoms with van der Waals surface area (Å²) in [6, 6.07) is 4.95. The van der Waals surface area contributed by atoms with Gasteiger partial charge in [0.05, 0.1) is 18.7 Å². The number of benzene rings is 1. The molecule has 1 rings (SSSR count). The van der Waals surface area contributed by atoms with E-state index in [2.05, 4.69) is 4.74 Å². The lowest BCUT2D eigenvalue weighted by atomic mass is 10.1. The van der Waals surface area contributed by atoms with Crippen molar-refractivity contribution in [2.75, 3.05) is 13.7 Å². The average Bonchev–Trinajstić information content (AvgIpc) is 2.40. The molecule has 0 N–H and O–H groups in total. The van der Waals surface area contributed by atoms with Crippen LogP contribution in [0.1, 0.15) is 36.5 Å². The average molecular weight is 285 g/mol. The molecule has 0 amide bonds. The minimum Gasteiger partial charge on any atom is -0.492 e. The number of halogens is 1. The number of ether oxygens (including phenoxy) is 2. The first-order chi connectivity index (χ1) is 9.08. The molecule has 0 bridgehead atoms. The van der Waals surface area contributed by atoms with E-state index in [-0.39, 0.29) is 18.2 Å². The van der Waals surface area contributed by atoms with E-state index in [1.807, 2.05) is 6.92 Å². The first-order valence-corrected chi connectivity index (χ1v) is 6.48. The molecular formula is C14H17ClO4. The van der Waals surface area contributed by atoms with Crippen LogP contribution >= 0.6 is 11.6 Å². The highest BCUT2D eigenvalue weighted by atomic mass is 35.5. The Morgan fingerprint density at radius 1 is 1.26 bits per heavy atom. The molecule has 0 unspecified atom stereocenters. The lowest BCUT2D eigenvalue weighted by Crippen LogP contribution is -2.04. The molecule has 0 fully saturated rings. The SMILES string of the molecule is CCOc1ccc(C(=O)CCCC(=O)OC)cc1Cl. The van der Waals surface area contributed by atoms with Crippen LogP contribution in [0.25, 0.3) is 0 Å². The minimum absolute atomic E-state index is 0.0474. The number of methoxy groups -OCH3 is 1. The number of hydrogen-bond acceptors (Lipinski definition) is 4. The second-order valence-corrected chi connectivity index (χ2v) is 4.34. The minimum atomic E-state index is -0.308. The van der Waals surface area contributed by atoms with Gasteiger partial charge in [-0.1, -0.05) is 11.6 Å².